The van der Waals surface area contributed by atoms with E-state index >= 15 is 0 Å². The van der Waals surface area contributed by atoms with Gasteiger partial charge in [-0.15, -0.1) is 11.6 Å². The number of halogens is 1. The van der Waals surface area contributed by atoms with E-state index in [1.165, 1.54) is 22.3 Å². The van der Waals surface area contributed by atoms with Crippen molar-refractivity contribution in [2.75, 3.05) is 5.88 Å². The molecule has 0 saturated carbocycles. The van der Waals surface area contributed by atoms with Gasteiger partial charge in [-0.1, -0.05) is 42.5 Å². The first-order chi connectivity index (χ1) is 9.20. The molecule has 2 nitrogen and oxygen atoms in total. The van der Waals surface area contributed by atoms with Crippen molar-refractivity contribution in [2.45, 2.75) is 18.6 Å². The smallest absolute Gasteiger partial charge is 0.106 e. The minimum atomic E-state index is -0.927. The van der Waals surface area contributed by atoms with Crippen LogP contribution in [0.3, 0.4) is 0 Å². The zero-order valence-electron chi connectivity index (χ0n) is 10.4. The molecule has 2 aromatic rings. The molecule has 2 unspecified atom stereocenters. The van der Waals surface area contributed by atoms with Gasteiger partial charge in [0.1, 0.15) is 6.10 Å². The summed E-state index contributed by atoms with van der Waals surface area (Å²) in [6.45, 7) is 0. The summed E-state index contributed by atoms with van der Waals surface area (Å²) >= 11 is 5.58. The van der Waals surface area contributed by atoms with Crippen molar-refractivity contribution in [1.82, 2.24) is 0 Å². The van der Waals surface area contributed by atoms with Gasteiger partial charge in [0.05, 0.1) is 12.0 Å². The van der Waals surface area contributed by atoms with E-state index in [9.17, 15) is 10.2 Å². The van der Waals surface area contributed by atoms with E-state index in [4.69, 9.17) is 11.6 Å². The van der Waals surface area contributed by atoms with Crippen molar-refractivity contribution in [3.8, 4) is 11.1 Å². The molecule has 1 aliphatic carbocycles. The van der Waals surface area contributed by atoms with Crippen LogP contribution in [0.4, 0.5) is 0 Å². The standard InChI is InChI=1S/C16H15ClO2/c17-9-15(18)16(19)11-5-6-14-12(8-11)7-10-3-1-2-4-13(10)14/h1-6,8,15-16,18-19H,7,9H2. The molecule has 0 spiro atoms. The number of aliphatic hydroxyl groups is 2. The second kappa shape index (κ2) is 4.97. The molecule has 2 aromatic carbocycles. The maximum absolute atomic E-state index is 10.0. The van der Waals surface area contributed by atoms with E-state index in [1.807, 2.05) is 30.3 Å². The van der Waals surface area contributed by atoms with Gasteiger partial charge in [0.15, 0.2) is 0 Å². The average Bonchev–Trinajstić information content (AvgIpc) is 2.83. The molecule has 0 fully saturated rings. The Bertz CT molecular complexity index is 609. The SMILES string of the molecule is OC(CCl)C(O)c1ccc2c(c1)Cc1ccccc1-2. The molecule has 3 rings (SSSR count). The summed E-state index contributed by atoms with van der Waals surface area (Å²) in [6.07, 6.45) is -0.974. The lowest BCUT2D eigenvalue weighted by Gasteiger charge is -2.16. The van der Waals surface area contributed by atoms with E-state index in [0.29, 0.717) is 0 Å². The highest BCUT2D eigenvalue weighted by Crippen LogP contribution is 2.37. The molecule has 0 heterocycles. The Balaban J connectivity index is 1.98. The number of aliphatic hydroxyl groups excluding tert-OH is 2. The van der Waals surface area contributed by atoms with Crippen LogP contribution in [0.1, 0.15) is 22.8 Å². The minimum absolute atomic E-state index is 0.0263. The lowest BCUT2D eigenvalue weighted by Crippen LogP contribution is -2.19. The van der Waals surface area contributed by atoms with Gasteiger partial charge in [-0.05, 0) is 34.2 Å². The lowest BCUT2D eigenvalue weighted by atomic mass is 9.99. The Morgan fingerprint density at radius 1 is 1.00 bits per heavy atom. The summed E-state index contributed by atoms with van der Waals surface area (Å²) in [7, 11) is 0. The summed E-state index contributed by atoms with van der Waals surface area (Å²) in [5.74, 6) is 0.0263. The highest BCUT2D eigenvalue weighted by molar-refractivity contribution is 6.18. The number of rotatable bonds is 3. The van der Waals surface area contributed by atoms with Gasteiger partial charge >= 0.3 is 0 Å². The highest BCUT2D eigenvalue weighted by Gasteiger charge is 2.22. The summed E-state index contributed by atoms with van der Waals surface area (Å²) in [5.41, 5.74) is 5.70. The van der Waals surface area contributed by atoms with Gasteiger partial charge in [-0.25, -0.2) is 0 Å². The van der Waals surface area contributed by atoms with Crippen molar-refractivity contribution >= 4 is 11.6 Å². The Hall–Kier alpha value is -1.35. The molecule has 0 bridgehead atoms. The van der Waals surface area contributed by atoms with E-state index in [2.05, 4.69) is 12.1 Å². The fourth-order valence-corrected chi connectivity index (χ4v) is 2.82. The molecule has 0 aliphatic heterocycles. The van der Waals surface area contributed by atoms with E-state index in [1.54, 1.807) is 0 Å². The van der Waals surface area contributed by atoms with Crippen molar-refractivity contribution in [2.24, 2.45) is 0 Å². The Morgan fingerprint density at radius 3 is 2.53 bits per heavy atom. The zero-order chi connectivity index (χ0) is 13.4. The van der Waals surface area contributed by atoms with Crippen molar-refractivity contribution in [1.29, 1.82) is 0 Å². The first kappa shape index (κ1) is 12.7. The topological polar surface area (TPSA) is 40.5 Å². The molecule has 0 radical (unpaired) electrons. The van der Waals surface area contributed by atoms with Crippen LogP contribution in [0.25, 0.3) is 11.1 Å². The van der Waals surface area contributed by atoms with Gasteiger partial charge in [0, 0.05) is 0 Å². The van der Waals surface area contributed by atoms with Crippen LogP contribution >= 0.6 is 11.6 Å². The lowest BCUT2D eigenvalue weighted by molar-refractivity contribution is 0.0327. The number of hydrogen-bond acceptors (Lipinski definition) is 2. The number of fused-ring (bicyclic) bond motifs is 3. The molecule has 0 aromatic heterocycles. The van der Waals surface area contributed by atoms with Crippen LogP contribution in [0.5, 0.6) is 0 Å². The largest absolute Gasteiger partial charge is 0.389 e. The van der Waals surface area contributed by atoms with Gasteiger partial charge in [0.2, 0.25) is 0 Å². The van der Waals surface area contributed by atoms with E-state index < -0.39 is 12.2 Å². The molecule has 2 N–H and O–H groups in total. The van der Waals surface area contributed by atoms with Crippen LogP contribution in [0, 0.1) is 0 Å². The summed E-state index contributed by atoms with van der Waals surface area (Å²) in [6, 6.07) is 14.2. The van der Waals surface area contributed by atoms with Crippen LogP contribution in [-0.2, 0) is 6.42 Å². The van der Waals surface area contributed by atoms with Crippen LogP contribution in [0.2, 0.25) is 0 Å². The molecule has 1 aliphatic rings. The molecule has 98 valence electrons. The summed E-state index contributed by atoms with van der Waals surface area (Å²) in [5, 5.41) is 19.6. The molecule has 3 heteroatoms. The molecule has 0 amide bonds. The van der Waals surface area contributed by atoms with E-state index in [-0.39, 0.29) is 5.88 Å². The third-order valence-corrected chi connectivity index (χ3v) is 4.00. The van der Waals surface area contributed by atoms with Crippen molar-refractivity contribution < 1.29 is 10.2 Å². The quantitative estimate of drug-likeness (QED) is 0.721. The number of alkyl halides is 1. The van der Waals surface area contributed by atoms with Crippen LogP contribution < -0.4 is 0 Å². The Kier molecular flexibility index (Phi) is 3.31. The third kappa shape index (κ3) is 2.16. The fraction of sp³-hybridized carbons (Fsp3) is 0.250. The van der Waals surface area contributed by atoms with Crippen molar-refractivity contribution in [3.63, 3.8) is 0 Å². The Labute approximate surface area is 117 Å². The predicted molar refractivity (Wildman–Crippen MR) is 76.4 cm³/mol. The first-order valence-corrected chi connectivity index (χ1v) is 6.87. The molecule has 2 atom stereocenters. The highest BCUT2D eigenvalue weighted by atomic mass is 35.5. The second-order valence-corrected chi connectivity index (χ2v) is 5.23. The maximum atomic E-state index is 10.0. The monoisotopic (exact) mass is 274 g/mol. The second-order valence-electron chi connectivity index (χ2n) is 4.92. The maximum Gasteiger partial charge on any atom is 0.106 e. The summed E-state index contributed by atoms with van der Waals surface area (Å²) < 4.78 is 0. The van der Waals surface area contributed by atoms with Crippen LogP contribution in [-0.4, -0.2) is 22.2 Å². The van der Waals surface area contributed by atoms with Crippen LogP contribution in [0.15, 0.2) is 42.5 Å². The molecular weight excluding hydrogens is 260 g/mol. The summed E-state index contributed by atoms with van der Waals surface area (Å²) in [4.78, 5) is 0. The van der Waals surface area contributed by atoms with E-state index in [0.717, 1.165) is 12.0 Å². The van der Waals surface area contributed by atoms with Gasteiger partial charge in [-0.2, -0.15) is 0 Å². The van der Waals surface area contributed by atoms with Gasteiger partial charge < -0.3 is 10.2 Å². The normalized spacial score (nSPS) is 15.7. The van der Waals surface area contributed by atoms with Gasteiger partial charge in [-0.3, -0.25) is 0 Å². The fourth-order valence-electron chi connectivity index (χ4n) is 2.66. The molecule has 19 heavy (non-hydrogen) atoms. The Morgan fingerprint density at radius 2 is 1.74 bits per heavy atom. The predicted octanol–water partition coefficient (Wildman–Crippen LogP) is 2.89. The van der Waals surface area contributed by atoms with Crippen molar-refractivity contribution in [3.05, 3.63) is 59.2 Å². The zero-order valence-corrected chi connectivity index (χ0v) is 11.1. The molecule has 0 saturated heterocycles. The first-order valence-electron chi connectivity index (χ1n) is 6.34. The molecular formula is C16H15ClO2. The average molecular weight is 275 g/mol. The van der Waals surface area contributed by atoms with Gasteiger partial charge in [0.25, 0.3) is 0 Å². The minimum Gasteiger partial charge on any atom is -0.389 e. The number of hydrogen-bond donors (Lipinski definition) is 2. The third-order valence-electron chi connectivity index (χ3n) is 3.68. The number of benzene rings is 2.